The molecule has 0 saturated carbocycles. The predicted octanol–water partition coefficient (Wildman–Crippen LogP) is 3.59. The summed E-state index contributed by atoms with van der Waals surface area (Å²) in [6.45, 7) is 3.62. The molecule has 2 N–H and O–H groups in total. The van der Waals surface area contributed by atoms with Crippen LogP contribution in [0.5, 0.6) is 0 Å². The van der Waals surface area contributed by atoms with Crippen molar-refractivity contribution in [3.63, 3.8) is 0 Å². The highest BCUT2D eigenvalue weighted by Gasteiger charge is 2.15. The SMILES string of the molecule is Cc1cccc(C)c1C(=O)NC(=O)Nc1cnc(-c2cccc(C#N)c2)cn1. The van der Waals surface area contributed by atoms with E-state index in [1.54, 1.807) is 18.2 Å². The first-order valence-electron chi connectivity index (χ1n) is 8.49. The Balaban J connectivity index is 1.68. The fourth-order valence-corrected chi connectivity index (χ4v) is 2.78. The highest BCUT2D eigenvalue weighted by Crippen LogP contribution is 2.18. The number of anilines is 1. The molecule has 1 heterocycles. The lowest BCUT2D eigenvalue weighted by Crippen LogP contribution is -2.35. The van der Waals surface area contributed by atoms with Gasteiger partial charge in [-0.3, -0.25) is 20.4 Å². The number of nitriles is 1. The Bertz CT molecular complexity index is 1060. The first-order valence-corrected chi connectivity index (χ1v) is 8.49. The average molecular weight is 371 g/mol. The molecule has 0 radical (unpaired) electrons. The van der Waals surface area contributed by atoms with Crippen LogP contribution >= 0.6 is 0 Å². The number of urea groups is 1. The van der Waals surface area contributed by atoms with Crippen LogP contribution < -0.4 is 10.6 Å². The Labute approximate surface area is 162 Å². The van der Waals surface area contributed by atoms with E-state index in [-0.39, 0.29) is 5.82 Å². The van der Waals surface area contributed by atoms with Crippen LogP contribution in [0, 0.1) is 25.2 Å². The Kier molecular flexibility index (Phi) is 5.42. The Morgan fingerprint density at radius 2 is 1.71 bits per heavy atom. The highest BCUT2D eigenvalue weighted by molar-refractivity contribution is 6.09. The predicted molar refractivity (Wildman–Crippen MR) is 105 cm³/mol. The van der Waals surface area contributed by atoms with Crippen molar-refractivity contribution in [3.8, 4) is 17.3 Å². The molecule has 0 aliphatic carbocycles. The number of carbonyl (C=O) groups is 2. The molecular formula is C21H17N5O2. The molecule has 3 amide bonds. The summed E-state index contributed by atoms with van der Waals surface area (Å²) in [5, 5.41) is 13.8. The lowest BCUT2D eigenvalue weighted by atomic mass is 10.0. The van der Waals surface area contributed by atoms with Crippen molar-refractivity contribution in [2.24, 2.45) is 0 Å². The molecule has 1 aromatic heterocycles. The number of amides is 3. The van der Waals surface area contributed by atoms with Crippen molar-refractivity contribution in [1.82, 2.24) is 15.3 Å². The number of nitrogens with zero attached hydrogens (tertiary/aromatic N) is 3. The molecule has 0 fully saturated rings. The smallest absolute Gasteiger partial charge is 0.291 e. The molecule has 0 spiro atoms. The van der Waals surface area contributed by atoms with Crippen molar-refractivity contribution in [2.45, 2.75) is 13.8 Å². The van der Waals surface area contributed by atoms with Crippen molar-refractivity contribution < 1.29 is 9.59 Å². The van der Waals surface area contributed by atoms with E-state index >= 15 is 0 Å². The van der Waals surface area contributed by atoms with Crippen molar-refractivity contribution in [1.29, 1.82) is 5.26 Å². The fourth-order valence-electron chi connectivity index (χ4n) is 2.78. The summed E-state index contributed by atoms with van der Waals surface area (Å²) in [7, 11) is 0. The van der Waals surface area contributed by atoms with Gasteiger partial charge in [0.2, 0.25) is 0 Å². The van der Waals surface area contributed by atoms with E-state index in [2.05, 4.69) is 26.7 Å². The summed E-state index contributed by atoms with van der Waals surface area (Å²) < 4.78 is 0. The first kappa shape index (κ1) is 18.7. The van der Waals surface area contributed by atoms with Crippen molar-refractivity contribution in [2.75, 3.05) is 5.32 Å². The third-order valence-corrected chi connectivity index (χ3v) is 4.12. The van der Waals surface area contributed by atoms with E-state index in [1.807, 2.05) is 38.1 Å². The minimum absolute atomic E-state index is 0.201. The number of imide groups is 1. The van der Waals surface area contributed by atoms with Crippen LogP contribution in [-0.2, 0) is 0 Å². The van der Waals surface area contributed by atoms with Gasteiger partial charge >= 0.3 is 6.03 Å². The summed E-state index contributed by atoms with van der Waals surface area (Å²) in [5.41, 5.74) is 3.87. The molecule has 0 aliphatic heterocycles. The van der Waals surface area contributed by atoms with Crippen LogP contribution in [0.3, 0.4) is 0 Å². The summed E-state index contributed by atoms with van der Waals surface area (Å²) >= 11 is 0. The second kappa shape index (κ2) is 8.10. The molecule has 2 aromatic carbocycles. The second-order valence-electron chi connectivity index (χ2n) is 6.15. The summed E-state index contributed by atoms with van der Waals surface area (Å²) in [6, 6.07) is 13.8. The van der Waals surface area contributed by atoms with Gasteiger partial charge in [-0.15, -0.1) is 0 Å². The topological polar surface area (TPSA) is 108 Å². The number of carbonyl (C=O) groups excluding carboxylic acids is 2. The van der Waals surface area contributed by atoms with E-state index < -0.39 is 11.9 Å². The normalized spacial score (nSPS) is 10.0. The van der Waals surface area contributed by atoms with Gasteiger partial charge in [-0.2, -0.15) is 5.26 Å². The van der Waals surface area contributed by atoms with Crippen LogP contribution in [0.25, 0.3) is 11.3 Å². The quantitative estimate of drug-likeness (QED) is 0.731. The van der Waals surface area contributed by atoms with Gasteiger partial charge in [0.05, 0.1) is 29.7 Å². The van der Waals surface area contributed by atoms with E-state index in [9.17, 15) is 9.59 Å². The Morgan fingerprint density at radius 1 is 1.00 bits per heavy atom. The lowest BCUT2D eigenvalue weighted by Gasteiger charge is -2.10. The number of aryl methyl sites for hydroxylation is 2. The maximum atomic E-state index is 12.4. The minimum atomic E-state index is -0.693. The van der Waals surface area contributed by atoms with Gasteiger partial charge in [0.25, 0.3) is 5.91 Å². The first-order chi connectivity index (χ1) is 13.5. The summed E-state index contributed by atoms with van der Waals surface area (Å²) in [4.78, 5) is 32.8. The van der Waals surface area contributed by atoms with Crippen LogP contribution in [0.1, 0.15) is 27.0 Å². The largest absolute Gasteiger partial charge is 0.327 e. The molecule has 3 rings (SSSR count). The Morgan fingerprint density at radius 3 is 2.36 bits per heavy atom. The van der Waals surface area contributed by atoms with Gasteiger partial charge in [-0.05, 0) is 37.1 Å². The maximum Gasteiger partial charge on any atom is 0.327 e. The number of nitrogens with one attached hydrogen (secondary N) is 2. The molecule has 0 atom stereocenters. The number of benzene rings is 2. The zero-order valence-electron chi connectivity index (χ0n) is 15.4. The van der Waals surface area contributed by atoms with Gasteiger partial charge in [0.15, 0.2) is 5.82 Å². The molecule has 0 bridgehead atoms. The van der Waals surface area contributed by atoms with E-state index in [0.29, 0.717) is 16.8 Å². The lowest BCUT2D eigenvalue weighted by molar-refractivity contribution is 0.0966. The molecule has 138 valence electrons. The zero-order chi connectivity index (χ0) is 20.1. The second-order valence-corrected chi connectivity index (χ2v) is 6.15. The number of hydrogen-bond acceptors (Lipinski definition) is 5. The van der Waals surface area contributed by atoms with Crippen LogP contribution in [0.2, 0.25) is 0 Å². The molecule has 0 saturated heterocycles. The fraction of sp³-hybridized carbons (Fsp3) is 0.0952. The molecule has 3 aromatic rings. The summed E-state index contributed by atoms with van der Waals surface area (Å²) in [6.07, 6.45) is 2.87. The van der Waals surface area contributed by atoms with Gasteiger partial charge in [0, 0.05) is 11.1 Å². The van der Waals surface area contributed by atoms with Gasteiger partial charge in [-0.1, -0.05) is 30.3 Å². The number of hydrogen-bond donors (Lipinski definition) is 2. The third kappa shape index (κ3) is 4.19. The number of rotatable bonds is 3. The summed E-state index contributed by atoms with van der Waals surface area (Å²) in [5.74, 6) is -0.280. The number of aromatic nitrogens is 2. The monoisotopic (exact) mass is 371 g/mol. The van der Waals surface area contributed by atoms with Crippen LogP contribution in [0.4, 0.5) is 10.6 Å². The highest BCUT2D eigenvalue weighted by atomic mass is 16.2. The third-order valence-electron chi connectivity index (χ3n) is 4.12. The van der Waals surface area contributed by atoms with E-state index in [4.69, 9.17) is 5.26 Å². The van der Waals surface area contributed by atoms with Gasteiger partial charge in [0.1, 0.15) is 0 Å². The van der Waals surface area contributed by atoms with E-state index in [0.717, 1.165) is 16.7 Å². The molecule has 0 aliphatic rings. The molecular weight excluding hydrogens is 354 g/mol. The standard InChI is InChI=1S/C21H17N5O2/c1-13-5-3-6-14(2)19(13)20(27)26-21(28)25-18-12-23-17(11-24-18)16-8-4-7-15(9-16)10-22/h3-9,11-12H,1-2H3,(H2,24,25,26,27,28). The van der Waals surface area contributed by atoms with Crippen LogP contribution in [-0.4, -0.2) is 21.9 Å². The van der Waals surface area contributed by atoms with E-state index in [1.165, 1.54) is 12.4 Å². The zero-order valence-corrected chi connectivity index (χ0v) is 15.4. The van der Waals surface area contributed by atoms with Gasteiger partial charge < -0.3 is 0 Å². The Hall–Kier alpha value is -4.05. The molecule has 28 heavy (non-hydrogen) atoms. The minimum Gasteiger partial charge on any atom is -0.291 e. The molecule has 7 heteroatoms. The average Bonchev–Trinajstić information content (AvgIpc) is 2.68. The van der Waals surface area contributed by atoms with Crippen LogP contribution in [0.15, 0.2) is 54.9 Å². The molecule has 0 unspecified atom stereocenters. The van der Waals surface area contributed by atoms with Gasteiger partial charge in [-0.25, -0.2) is 9.78 Å². The maximum absolute atomic E-state index is 12.4. The van der Waals surface area contributed by atoms with Crippen molar-refractivity contribution >= 4 is 17.8 Å². The molecule has 7 nitrogen and oxygen atoms in total. The van der Waals surface area contributed by atoms with Crippen molar-refractivity contribution in [3.05, 3.63) is 77.1 Å².